The minimum Gasteiger partial charge on any atom is -0.381 e. The van der Waals surface area contributed by atoms with Gasteiger partial charge in [0, 0.05) is 55.3 Å². The van der Waals surface area contributed by atoms with E-state index in [4.69, 9.17) is 14.7 Å². The van der Waals surface area contributed by atoms with Gasteiger partial charge in [-0.3, -0.25) is 9.78 Å². The van der Waals surface area contributed by atoms with Crippen LogP contribution in [0.1, 0.15) is 85.2 Å². The molecule has 1 aliphatic carbocycles. The number of nitrogens with zero attached hydrogens (tertiary/aromatic N) is 3. The third-order valence-corrected chi connectivity index (χ3v) is 7.80. The van der Waals surface area contributed by atoms with Crippen LogP contribution in [0.4, 0.5) is 0 Å². The lowest BCUT2D eigenvalue weighted by molar-refractivity contribution is 0.0545. The molecule has 0 atom stereocenters. The van der Waals surface area contributed by atoms with Gasteiger partial charge in [0.05, 0.1) is 5.69 Å². The SMILES string of the molecule is CCCc1ccnc(-c2cnc(Cc3cc(C(=O)C4CCOCC4)ccc3C3(CC)CC3)nc2)c1. The maximum absolute atomic E-state index is 13.2. The number of rotatable bonds is 9. The number of pyridine rings is 1. The highest BCUT2D eigenvalue weighted by molar-refractivity contribution is 5.98. The second-order valence-electron chi connectivity index (χ2n) is 10.1. The Morgan fingerprint density at radius 3 is 2.49 bits per heavy atom. The highest BCUT2D eigenvalue weighted by atomic mass is 16.5. The van der Waals surface area contributed by atoms with Gasteiger partial charge >= 0.3 is 0 Å². The van der Waals surface area contributed by atoms with E-state index in [1.54, 1.807) is 0 Å². The molecule has 1 aliphatic heterocycles. The first-order valence-electron chi connectivity index (χ1n) is 13.1. The minimum atomic E-state index is 0.0648. The first-order chi connectivity index (χ1) is 17.1. The molecule has 2 aliphatic rings. The third-order valence-electron chi connectivity index (χ3n) is 7.80. The fourth-order valence-corrected chi connectivity index (χ4v) is 5.40. The van der Waals surface area contributed by atoms with Gasteiger partial charge in [0.15, 0.2) is 5.78 Å². The van der Waals surface area contributed by atoms with E-state index in [9.17, 15) is 4.79 Å². The standard InChI is InChI=1S/C30H35N3O2/c1-3-5-21-8-13-31-27(16-21)25-19-32-28(33-20-25)18-24-17-23(29(34)22-9-14-35-15-10-22)6-7-26(24)30(4-2)11-12-30/h6-8,13,16-17,19-20,22H,3-5,9-12,14-15,18H2,1-2H3. The molecule has 3 aromatic rings. The summed E-state index contributed by atoms with van der Waals surface area (Å²) in [6, 6.07) is 10.6. The molecule has 1 saturated heterocycles. The van der Waals surface area contributed by atoms with Crippen molar-refractivity contribution in [2.24, 2.45) is 5.92 Å². The van der Waals surface area contributed by atoms with Gasteiger partial charge in [0.1, 0.15) is 5.82 Å². The van der Waals surface area contributed by atoms with E-state index < -0.39 is 0 Å². The van der Waals surface area contributed by atoms with Gasteiger partial charge in [-0.25, -0.2) is 9.97 Å². The van der Waals surface area contributed by atoms with Crippen molar-refractivity contribution < 1.29 is 9.53 Å². The molecule has 0 radical (unpaired) electrons. The van der Waals surface area contributed by atoms with Crippen LogP contribution in [-0.4, -0.2) is 33.9 Å². The summed E-state index contributed by atoms with van der Waals surface area (Å²) in [4.78, 5) is 27.2. The van der Waals surface area contributed by atoms with Crippen LogP contribution in [0.2, 0.25) is 0 Å². The van der Waals surface area contributed by atoms with Crippen LogP contribution < -0.4 is 0 Å². The molecule has 35 heavy (non-hydrogen) atoms. The maximum Gasteiger partial charge on any atom is 0.166 e. The fraction of sp³-hybridized carbons (Fsp3) is 0.467. The Morgan fingerprint density at radius 2 is 1.80 bits per heavy atom. The van der Waals surface area contributed by atoms with Gasteiger partial charge < -0.3 is 4.74 Å². The summed E-state index contributed by atoms with van der Waals surface area (Å²) in [5.74, 6) is 1.09. The summed E-state index contributed by atoms with van der Waals surface area (Å²) in [6.07, 6.45) is 13.6. The number of carbonyl (C=O) groups is 1. The first-order valence-corrected chi connectivity index (χ1v) is 13.1. The minimum absolute atomic E-state index is 0.0648. The number of carbonyl (C=O) groups excluding carboxylic acids is 1. The van der Waals surface area contributed by atoms with Gasteiger partial charge in [-0.2, -0.15) is 0 Å². The van der Waals surface area contributed by atoms with Crippen LogP contribution >= 0.6 is 0 Å². The number of aryl methyl sites for hydroxylation is 1. The predicted molar refractivity (Wildman–Crippen MR) is 138 cm³/mol. The lowest BCUT2D eigenvalue weighted by Gasteiger charge is -2.23. The van der Waals surface area contributed by atoms with Crippen LogP contribution in [0, 0.1) is 5.92 Å². The maximum atomic E-state index is 13.2. The number of aromatic nitrogens is 3. The normalized spacial score (nSPS) is 17.3. The number of hydrogen-bond acceptors (Lipinski definition) is 5. The average molecular weight is 470 g/mol. The van der Waals surface area contributed by atoms with E-state index in [-0.39, 0.29) is 17.1 Å². The van der Waals surface area contributed by atoms with Crippen LogP contribution in [0.3, 0.4) is 0 Å². The smallest absolute Gasteiger partial charge is 0.166 e. The summed E-state index contributed by atoms with van der Waals surface area (Å²) in [7, 11) is 0. The highest BCUT2D eigenvalue weighted by Crippen LogP contribution is 2.52. The Balaban J connectivity index is 1.41. The van der Waals surface area contributed by atoms with E-state index in [0.717, 1.165) is 54.7 Å². The van der Waals surface area contributed by atoms with Crippen LogP contribution in [0.5, 0.6) is 0 Å². The molecule has 182 valence electrons. The Hall–Kier alpha value is -2.92. The molecule has 5 nitrogen and oxygen atoms in total. The lowest BCUT2D eigenvalue weighted by Crippen LogP contribution is -2.24. The third kappa shape index (κ3) is 5.20. The number of hydrogen-bond donors (Lipinski definition) is 0. The number of ether oxygens (including phenoxy) is 1. The van der Waals surface area contributed by atoms with E-state index in [1.165, 1.54) is 29.5 Å². The summed E-state index contributed by atoms with van der Waals surface area (Å²) in [5, 5.41) is 0. The molecular formula is C30H35N3O2. The molecule has 0 N–H and O–H groups in total. The largest absolute Gasteiger partial charge is 0.381 e. The monoisotopic (exact) mass is 469 g/mol. The van der Waals surface area contributed by atoms with Gasteiger partial charge in [0.25, 0.3) is 0 Å². The van der Waals surface area contributed by atoms with E-state index in [0.29, 0.717) is 19.6 Å². The highest BCUT2D eigenvalue weighted by Gasteiger charge is 2.43. The van der Waals surface area contributed by atoms with Crippen molar-refractivity contribution in [3.63, 3.8) is 0 Å². The molecule has 3 heterocycles. The molecule has 1 saturated carbocycles. The topological polar surface area (TPSA) is 65.0 Å². The Morgan fingerprint density at radius 1 is 1.03 bits per heavy atom. The quantitative estimate of drug-likeness (QED) is 0.353. The second kappa shape index (κ2) is 10.4. The second-order valence-corrected chi connectivity index (χ2v) is 10.1. The van der Waals surface area contributed by atoms with Crippen LogP contribution in [0.25, 0.3) is 11.3 Å². The summed E-state index contributed by atoms with van der Waals surface area (Å²) >= 11 is 0. The summed E-state index contributed by atoms with van der Waals surface area (Å²) < 4.78 is 5.46. The van der Waals surface area contributed by atoms with Crippen molar-refractivity contribution in [2.45, 2.75) is 70.6 Å². The Labute approximate surface area is 208 Å². The Bertz CT molecular complexity index is 1180. The van der Waals surface area contributed by atoms with E-state index >= 15 is 0 Å². The van der Waals surface area contributed by atoms with Gasteiger partial charge in [0.2, 0.25) is 0 Å². The van der Waals surface area contributed by atoms with E-state index in [1.807, 2.05) is 24.7 Å². The van der Waals surface area contributed by atoms with Gasteiger partial charge in [-0.15, -0.1) is 0 Å². The Kier molecular flexibility index (Phi) is 7.05. The molecule has 2 fully saturated rings. The molecular weight excluding hydrogens is 434 g/mol. The van der Waals surface area contributed by atoms with Gasteiger partial charge in [-0.1, -0.05) is 32.4 Å². The van der Waals surface area contributed by atoms with Gasteiger partial charge in [-0.05, 0) is 78.8 Å². The van der Waals surface area contributed by atoms with Crippen molar-refractivity contribution in [1.82, 2.24) is 15.0 Å². The van der Waals surface area contributed by atoms with E-state index in [2.05, 4.69) is 43.1 Å². The summed E-state index contributed by atoms with van der Waals surface area (Å²) in [6.45, 7) is 5.80. The zero-order valence-electron chi connectivity index (χ0n) is 20.9. The van der Waals surface area contributed by atoms with Crippen molar-refractivity contribution in [3.05, 3.63) is 77.0 Å². The average Bonchev–Trinajstić information content (AvgIpc) is 3.71. The van der Waals surface area contributed by atoms with Crippen molar-refractivity contribution in [1.29, 1.82) is 0 Å². The molecule has 0 bridgehead atoms. The first kappa shape index (κ1) is 23.8. The zero-order chi connectivity index (χ0) is 24.3. The molecule has 2 aromatic heterocycles. The van der Waals surface area contributed by atoms with Crippen LogP contribution in [-0.2, 0) is 23.0 Å². The lowest BCUT2D eigenvalue weighted by atomic mass is 9.84. The van der Waals surface area contributed by atoms with Crippen molar-refractivity contribution >= 4 is 5.78 Å². The predicted octanol–water partition coefficient (Wildman–Crippen LogP) is 6.13. The molecule has 0 unspecified atom stereocenters. The van der Waals surface area contributed by atoms with Crippen molar-refractivity contribution in [3.8, 4) is 11.3 Å². The molecule has 0 amide bonds. The number of ketones is 1. The van der Waals surface area contributed by atoms with Crippen molar-refractivity contribution in [2.75, 3.05) is 13.2 Å². The van der Waals surface area contributed by atoms with Crippen LogP contribution in [0.15, 0.2) is 48.9 Å². The zero-order valence-corrected chi connectivity index (χ0v) is 20.9. The number of Topliss-reactive ketones (excluding diaryl/α,β-unsaturated/α-hetero) is 1. The molecule has 5 rings (SSSR count). The molecule has 1 aromatic carbocycles. The number of benzene rings is 1. The summed E-state index contributed by atoms with van der Waals surface area (Å²) in [5.41, 5.74) is 6.75. The fourth-order valence-electron chi connectivity index (χ4n) is 5.40. The molecule has 0 spiro atoms. The molecule has 5 heteroatoms.